The Morgan fingerprint density at radius 2 is 2.28 bits per heavy atom. The summed E-state index contributed by atoms with van der Waals surface area (Å²) in [5.41, 5.74) is 0.657. The van der Waals surface area contributed by atoms with E-state index in [9.17, 15) is 4.79 Å². The summed E-state index contributed by atoms with van der Waals surface area (Å²) in [6.45, 7) is 0.333. The van der Waals surface area contributed by atoms with Crippen LogP contribution < -0.4 is 14.8 Å². The maximum atomic E-state index is 11.7. The molecule has 0 fully saturated rings. The van der Waals surface area contributed by atoms with Gasteiger partial charge in [0.1, 0.15) is 19.2 Å². The molecule has 92 valence electrons. The molecule has 1 aliphatic heterocycles. The van der Waals surface area contributed by atoms with E-state index < -0.39 is 0 Å². The number of benzene rings is 1. The standard InChI is InChI=1S/C11H10N4O3/c16-11(4-15-6-12-5-13-15)14-8-1-2-9-10(3-8)18-7-17-9/h1-3,5-6H,4,7H2,(H,14,16). The van der Waals surface area contributed by atoms with Gasteiger partial charge < -0.3 is 14.8 Å². The minimum absolute atomic E-state index is 0.119. The smallest absolute Gasteiger partial charge is 0.246 e. The van der Waals surface area contributed by atoms with Crippen LogP contribution in [0.4, 0.5) is 5.69 Å². The van der Waals surface area contributed by atoms with Gasteiger partial charge in [-0.05, 0) is 12.1 Å². The Labute approximate surface area is 102 Å². The van der Waals surface area contributed by atoms with E-state index in [0.717, 1.165) is 0 Å². The van der Waals surface area contributed by atoms with E-state index in [1.54, 1.807) is 18.2 Å². The third-order valence-corrected chi connectivity index (χ3v) is 2.43. The summed E-state index contributed by atoms with van der Waals surface area (Å²) in [7, 11) is 0. The minimum atomic E-state index is -0.181. The number of hydrogen-bond donors (Lipinski definition) is 1. The molecule has 18 heavy (non-hydrogen) atoms. The molecule has 0 spiro atoms. The number of rotatable bonds is 3. The first-order chi connectivity index (χ1) is 8.81. The van der Waals surface area contributed by atoms with Crippen LogP contribution in [0.1, 0.15) is 0 Å². The summed E-state index contributed by atoms with van der Waals surface area (Å²) in [6.07, 6.45) is 2.87. The average molecular weight is 246 g/mol. The van der Waals surface area contributed by atoms with E-state index in [-0.39, 0.29) is 19.2 Å². The summed E-state index contributed by atoms with van der Waals surface area (Å²) in [6, 6.07) is 5.24. The molecule has 1 N–H and O–H groups in total. The molecule has 1 aromatic heterocycles. The van der Waals surface area contributed by atoms with Gasteiger partial charge in [0.2, 0.25) is 12.7 Å². The molecular weight excluding hydrogens is 236 g/mol. The van der Waals surface area contributed by atoms with Crippen LogP contribution in [0.15, 0.2) is 30.9 Å². The van der Waals surface area contributed by atoms with Crippen molar-refractivity contribution < 1.29 is 14.3 Å². The minimum Gasteiger partial charge on any atom is -0.454 e. The third kappa shape index (κ3) is 2.10. The number of aromatic nitrogens is 3. The van der Waals surface area contributed by atoms with Gasteiger partial charge in [-0.1, -0.05) is 0 Å². The number of fused-ring (bicyclic) bond motifs is 1. The van der Waals surface area contributed by atoms with Gasteiger partial charge in [-0.25, -0.2) is 9.67 Å². The Hall–Kier alpha value is -2.57. The Bertz CT molecular complexity index is 568. The SMILES string of the molecule is O=C(Cn1cncn1)Nc1ccc2c(c1)OCO2. The summed E-state index contributed by atoms with van der Waals surface area (Å²) in [5, 5.41) is 6.60. The Kier molecular flexibility index (Phi) is 2.56. The van der Waals surface area contributed by atoms with Crippen LogP contribution in [0.25, 0.3) is 0 Å². The lowest BCUT2D eigenvalue weighted by atomic mass is 10.3. The fourth-order valence-corrected chi connectivity index (χ4v) is 1.64. The fraction of sp³-hybridized carbons (Fsp3) is 0.182. The number of carbonyl (C=O) groups is 1. The van der Waals surface area contributed by atoms with Crippen LogP contribution in [0, 0.1) is 0 Å². The van der Waals surface area contributed by atoms with Crippen molar-refractivity contribution >= 4 is 11.6 Å². The molecule has 0 saturated heterocycles. The van der Waals surface area contributed by atoms with Gasteiger partial charge in [0, 0.05) is 11.8 Å². The zero-order valence-corrected chi connectivity index (χ0v) is 9.37. The quantitative estimate of drug-likeness (QED) is 0.860. The lowest BCUT2D eigenvalue weighted by Gasteiger charge is -2.05. The maximum absolute atomic E-state index is 11.7. The van der Waals surface area contributed by atoms with Crippen molar-refractivity contribution in [3.05, 3.63) is 30.9 Å². The second-order valence-corrected chi connectivity index (χ2v) is 3.71. The molecule has 2 aromatic rings. The molecule has 0 saturated carbocycles. The number of carbonyl (C=O) groups excluding carboxylic acids is 1. The van der Waals surface area contributed by atoms with Gasteiger partial charge >= 0.3 is 0 Å². The lowest BCUT2D eigenvalue weighted by molar-refractivity contribution is -0.116. The van der Waals surface area contributed by atoms with Crippen LogP contribution in [0.3, 0.4) is 0 Å². The summed E-state index contributed by atoms with van der Waals surface area (Å²) >= 11 is 0. The number of nitrogens with one attached hydrogen (secondary N) is 1. The largest absolute Gasteiger partial charge is 0.454 e. The molecule has 7 heteroatoms. The summed E-state index contributed by atoms with van der Waals surface area (Å²) in [4.78, 5) is 15.5. The summed E-state index contributed by atoms with van der Waals surface area (Å²) in [5.74, 6) is 1.14. The second kappa shape index (κ2) is 4.36. The highest BCUT2D eigenvalue weighted by molar-refractivity contribution is 5.90. The van der Waals surface area contributed by atoms with E-state index >= 15 is 0 Å². The van der Waals surface area contributed by atoms with Crippen LogP contribution in [0.5, 0.6) is 11.5 Å². The molecule has 0 aliphatic carbocycles. The van der Waals surface area contributed by atoms with E-state index in [4.69, 9.17) is 9.47 Å². The number of amides is 1. The van der Waals surface area contributed by atoms with Crippen molar-refractivity contribution in [2.75, 3.05) is 12.1 Å². The van der Waals surface area contributed by atoms with Crippen LogP contribution in [-0.4, -0.2) is 27.5 Å². The molecule has 2 heterocycles. The predicted octanol–water partition coefficient (Wildman–Crippen LogP) is 0.645. The Morgan fingerprint density at radius 1 is 1.39 bits per heavy atom. The van der Waals surface area contributed by atoms with Crippen molar-refractivity contribution in [2.45, 2.75) is 6.54 Å². The third-order valence-electron chi connectivity index (χ3n) is 2.43. The molecule has 7 nitrogen and oxygen atoms in total. The lowest BCUT2D eigenvalue weighted by Crippen LogP contribution is -2.18. The molecule has 0 bridgehead atoms. The van der Waals surface area contributed by atoms with E-state index in [2.05, 4.69) is 15.4 Å². The van der Waals surface area contributed by atoms with E-state index in [0.29, 0.717) is 17.2 Å². The van der Waals surface area contributed by atoms with Gasteiger partial charge in [0.15, 0.2) is 11.5 Å². The predicted molar refractivity (Wildman–Crippen MR) is 61.2 cm³/mol. The molecule has 0 radical (unpaired) electrons. The zero-order valence-electron chi connectivity index (χ0n) is 9.37. The van der Waals surface area contributed by atoms with Gasteiger partial charge in [0.05, 0.1) is 0 Å². The summed E-state index contributed by atoms with van der Waals surface area (Å²) < 4.78 is 11.9. The topological polar surface area (TPSA) is 78.3 Å². The first-order valence-corrected chi connectivity index (χ1v) is 5.33. The number of ether oxygens (including phenoxy) is 2. The van der Waals surface area contributed by atoms with Crippen molar-refractivity contribution in [3.8, 4) is 11.5 Å². The second-order valence-electron chi connectivity index (χ2n) is 3.71. The Balaban J connectivity index is 1.67. The molecule has 3 rings (SSSR count). The fourth-order valence-electron chi connectivity index (χ4n) is 1.64. The van der Waals surface area contributed by atoms with Crippen LogP contribution in [-0.2, 0) is 11.3 Å². The van der Waals surface area contributed by atoms with Gasteiger partial charge in [-0.2, -0.15) is 5.10 Å². The average Bonchev–Trinajstić information content (AvgIpc) is 2.98. The van der Waals surface area contributed by atoms with Crippen molar-refractivity contribution in [1.82, 2.24) is 14.8 Å². The number of anilines is 1. The molecule has 1 aliphatic rings. The van der Waals surface area contributed by atoms with Gasteiger partial charge in [0.25, 0.3) is 0 Å². The van der Waals surface area contributed by atoms with E-state index in [1.165, 1.54) is 17.3 Å². The molecular formula is C11H10N4O3. The van der Waals surface area contributed by atoms with Gasteiger partial charge in [-0.3, -0.25) is 4.79 Å². The zero-order chi connectivity index (χ0) is 12.4. The highest BCUT2D eigenvalue weighted by atomic mass is 16.7. The number of nitrogens with zero attached hydrogens (tertiary/aromatic N) is 3. The number of hydrogen-bond acceptors (Lipinski definition) is 5. The van der Waals surface area contributed by atoms with Crippen molar-refractivity contribution in [1.29, 1.82) is 0 Å². The first-order valence-electron chi connectivity index (χ1n) is 5.33. The normalized spacial score (nSPS) is 12.4. The van der Waals surface area contributed by atoms with Crippen LogP contribution >= 0.6 is 0 Å². The molecule has 1 amide bonds. The van der Waals surface area contributed by atoms with Crippen molar-refractivity contribution in [3.63, 3.8) is 0 Å². The highest BCUT2D eigenvalue weighted by Crippen LogP contribution is 2.34. The monoisotopic (exact) mass is 246 g/mol. The van der Waals surface area contributed by atoms with E-state index in [1.807, 2.05) is 0 Å². The molecule has 0 unspecified atom stereocenters. The highest BCUT2D eigenvalue weighted by Gasteiger charge is 2.14. The Morgan fingerprint density at radius 3 is 3.11 bits per heavy atom. The first kappa shape index (κ1) is 10.6. The van der Waals surface area contributed by atoms with Gasteiger partial charge in [-0.15, -0.1) is 0 Å². The maximum Gasteiger partial charge on any atom is 0.246 e. The molecule has 0 atom stereocenters. The van der Waals surface area contributed by atoms with Crippen molar-refractivity contribution in [2.24, 2.45) is 0 Å². The van der Waals surface area contributed by atoms with Crippen LogP contribution in [0.2, 0.25) is 0 Å². The molecule has 1 aromatic carbocycles.